The number of anilines is 1. The van der Waals surface area contributed by atoms with Gasteiger partial charge in [-0.1, -0.05) is 36.4 Å². The van der Waals surface area contributed by atoms with E-state index in [9.17, 15) is 0 Å². The molecule has 5 nitrogen and oxygen atoms in total. The Morgan fingerprint density at radius 2 is 1.62 bits per heavy atom. The summed E-state index contributed by atoms with van der Waals surface area (Å²) in [5.74, 6) is 0.827. The fourth-order valence-corrected chi connectivity index (χ4v) is 3.81. The number of para-hydroxylation sites is 2. The van der Waals surface area contributed by atoms with Gasteiger partial charge in [0.05, 0.1) is 11.2 Å². The van der Waals surface area contributed by atoms with Crippen molar-refractivity contribution in [3.05, 3.63) is 54.7 Å². The van der Waals surface area contributed by atoms with Gasteiger partial charge < -0.3 is 14.8 Å². The van der Waals surface area contributed by atoms with Crippen molar-refractivity contribution in [3.8, 4) is 11.3 Å². The first-order valence-corrected chi connectivity index (χ1v) is 9.08. The predicted molar refractivity (Wildman–Crippen MR) is 107 cm³/mol. The molecular weight excluding hydrogens is 322 g/mol. The van der Waals surface area contributed by atoms with Crippen LogP contribution in [0.1, 0.15) is 0 Å². The highest BCUT2D eigenvalue weighted by molar-refractivity contribution is 6.03. The summed E-state index contributed by atoms with van der Waals surface area (Å²) in [6.07, 6.45) is 2.18. The molecule has 5 rings (SSSR count). The van der Waals surface area contributed by atoms with Gasteiger partial charge in [0.1, 0.15) is 0 Å². The molecule has 4 aromatic rings. The molecule has 1 fully saturated rings. The van der Waals surface area contributed by atoms with Crippen LogP contribution in [0.25, 0.3) is 33.1 Å². The van der Waals surface area contributed by atoms with Gasteiger partial charge in [-0.25, -0.2) is 9.97 Å². The van der Waals surface area contributed by atoms with E-state index in [0.717, 1.165) is 54.3 Å². The van der Waals surface area contributed by atoms with Crippen LogP contribution in [0.3, 0.4) is 0 Å². The van der Waals surface area contributed by atoms with Crippen molar-refractivity contribution in [2.45, 2.75) is 0 Å². The quantitative estimate of drug-likeness (QED) is 0.607. The predicted octanol–water partition coefficient (Wildman–Crippen LogP) is 3.20. The van der Waals surface area contributed by atoms with Crippen molar-refractivity contribution in [2.75, 3.05) is 31.1 Å². The molecule has 130 valence electrons. The normalized spacial score (nSPS) is 15.0. The van der Waals surface area contributed by atoms with Crippen LogP contribution in [-0.4, -0.2) is 40.7 Å². The SMILES string of the molecule is Cn1cc(-c2nc(N3CCNCC3)nc3ccccc23)c2ccccc21. The summed E-state index contributed by atoms with van der Waals surface area (Å²) in [6.45, 7) is 3.82. The molecule has 0 unspecified atom stereocenters. The Morgan fingerprint density at radius 1 is 0.885 bits per heavy atom. The monoisotopic (exact) mass is 343 g/mol. The van der Waals surface area contributed by atoms with E-state index in [2.05, 4.69) is 70.5 Å². The third-order valence-electron chi connectivity index (χ3n) is 5.14. The number of aryl methyl sites for hydroxylation is 1. The average Bonchev–Trinajstić information content (AvgIpc) is 3.05. The van der Waals surface area contributed by atoms with Crippen molar-refractivity contribution in [1.82, 2.24) is 19.9 Å². The fraction of sp³-hybridized carbons (Fsp3) is 0.238. The molecule has 0 bridgehead atoms. The molecule has 0 amide bonds. The molecule has 5 heteroatoms. The van der Waals surface area contributed by atoms with E-state index < -0.39 is 0 Å². The summed E-state index contributed by atoms with van der Waals surface area (Å²) in [7, 11) is 2.09. The van der Waals surface area contributed by atoms with Gasteiger partial charge >= 0.3 is 0 Å². The van der Waals surface area contributed by atoms with E-state index >= 15 is 0 Å². The lowest BCUT2D eigenvalue weighted by molar-refractivity contribution is 0.581. The van der Waals surface area contributed by atoms with Crippen LogP contribution in [0.4, 0.5) is 5.95 Å². The molecule has 0 atom stereocenters. The Balaban J connectivity index is 1.77. The molecule has 0 spiro atoms. The van der Waals surface area contributed by atoms with Gasteiger partial charge in [0.15, 0.2) is 0 Å². The second-order valence-electron chi connectivity index (χ2n) is 6.80. The van der Waals surface area contributed by atoms with Gasteiger partial charge in [0.2, 0.25) is 5.95 Å². The summed E-state index contributed by atoms with van der Waals surface area (Å²) in [5.41, 5.74) is 4.40. The van der Waals surface area contributed by atoms with Crippen molar-refractivity contribution >= 4 is 27.8 Å². The zero-order valence-electron chi connectivity index (χ0n) is 14.8. The number of hydrogen-bond acceptors (Lipinski definition) is 4. The second kappa shape index (κ2) is 6.11. The van der Waals surface area contributed by atoms with Gasteiger partial charge in [0.25, 0.3) is 0 Å². The minimum atomic E-state index is 0.827. The zero-order chi connectivity index (χ0) is 17.5. The molecule has 1 saturated heterocycles. The van der Waals surface area contributed by atoms with E-state index in [-0.39, 0.29) is 0 Å². The van der Waals surface area contributed by atoms with E-state index in [1.807, 2.05) is 6.07 Å². The highest BCUT2D eigenvalue weighted by Crippen LogP contribution is 2.34. The minimum absolute atomic E-state index is 0.827. The second-order valence-corrected chi connectivity index (χ2v) is 6.80. The first kappa shape index (κ1) is 15.3. The lowest BCUT2D eigenvalue weighted by Gasteiger charge is -2.27. The first-order chi connectivity index (χ1) is 12.8. The highest BCUT2D eigenvalue weighted by atomic mass is 15.3. The highest BCUT2D eigenvalue weighted by Gasteiger charge is 2.18. The maximum Gasteiger partial charge on any atom is 0.226 e. The van der Waals surface area contributed by atoms with Gasteiger partial charge in [-0.3, -0.25) is 0 Å². The zero-order valence-corrected chi connectivity index (χ0v) is 14.8. The molecule has 3 heterocycles. The lowest BCUT2D eigenvalue weighted by atomic mass is 10.1. The standard InChI is InChI=1S/C21H21N5/c1-25-14-17(15-6-3-5-9-19(15)25)20-16-7-2-4-8-18(16)23-21(24-20)26-12-10-22-11-13-26/h2-9,14,22H,10-13H2,1H3. The van der Waals surface area contributed by atoms with Crippen LogP contribution in [0.2, 0.25) is 0 Å². The van der Waals surface area contributed by atoms with E-state index in [1.54, 1.807) is 0 Å². The van der Waals surface area contributed by atoms with Crippen molar-refractivity contribution in [1.29, 1.82) is 0 Å². The van der Waals surface area contributed by atoms with E-state index in [4.69, 9.17) is 9.97 Å². The van der Waals surface area contributed by atoms with Crippen molar-refractivity contribution in [3.63, 3.8) is 0 Å². The number of nitrogens with one attached hydrogen (secondary N) is 1. The molecule has 0 saturated carbocycles. The molecule has 1 aliphatic heterocycles. The molecule has 1 N–H and O–H groups in total. The summed E-state index contributed by atoms with van der Waals surface area (Å²) in [5, 5.41) is 5.72. The maximum atomic E-state index is 5.03. The van der Waals surface area contributed by atoms with Gasteiger partial charge in [-0.05, 0) is 12.1 Å². The summed E-state index contributed by atoms with van der Waals surface area (Å²) in [4.78, 5) is 12.2. The Kier molecular flexibility index (Phi) is 3.60. The smallest absolute Gasteiger partial charge is 0.226 e. The Bertz CT molecular complexity index is 1090. The third-order valence-corrected chi connectivity index (χ3v) is 5.14. The molecule has 1 aliphatic rings. The van der Waals surface area contributed by atoms with Crippen LogP contribution >= 0.6 is 0 Å². The summed E-state index contributed by atoms with van der Waals surface area (Å²) >= 11 is 0. The number of nitrogens with zero attached hydrogens (tertiary/aromatic N) is 4. The van der Waals surface area contributed by atoms with Crippen LogP contribution < -0.4 is 10.2 Å². The summed E-state index contributed by atoms with van der Waals surface area (Å²) < 4.78 is 2.17. The van der Waals surface area contributed by atoms with Crippen LogP contribution in [0.15, 0.2) is 54.7 Å². The molecule has 0 aliphatic carbocycles. The van der Waals surface area contributed by atoms with Crippen molar-refractivity contribution in [2.24, 2.45) is 7.05 Å². The van der Waals surface area contributed by atoms with Gasteiger partial charge in [0, 0.05) is 61.3 Å². The lowest BCUT2D eigenvalue weighted by Crippen LogP contribution is -2.44. The molecule has 0 radical (unpaired) electrons. The maximum absolute atomic E-state index is 5.03. The van der Waals surface area contributed by atoms with Gasteiger partial charge in [-0.15, -0.1) is 0 Å². The Hall–Kier alpha value is -2.92. The van der Waals surface area contributed by atoms with Crippen molar-refractivity contribution < 1.29 is 0 Å². The molecular formula is C21H21N5. The van der Waals surface area contributed by atoms with E-state index in [1.165, 1.54) is 10.9 Å². The number of piperazine rings is 1. The van der Waals surface area contributed by atoms with Crippen LogP contribution in [0, 0.1) is 0 Å². The molecule has 2 aromatic carbocycles. The van der Waals surface area contributed by atoms with Gasteiger partial charge in [-0.2, -0.15) is 0 Å². The number of fused-ring (bicyclic) bond motifs is 2. The van der Waals surface area contributed by atoms with Crippen LogP contribution in [0.5, 0.6) is 0 Å². The topological polar surface area (TPSA) is 46.0 Å². The minimum Gasteiger partial charge on any atom is -0.350 e. The molecule has 26 heavy (non-hydrogen) atoms. The third kappa shape index (κ3) is 2.44. The Labute approximate surface area is 152 Å². The Morgan fingerprint density at radius 3 is 2.46 bits per heavy atom. The van der Waals surface area contributed by atoms with Crippen LogP contribution in [-0.2, 0) is 7.05 Å². The first-order valence-electron chi connectivity index (χ1n) is 9.08. The molecule has 2 aromatic heterocycles. The largest absolute Gasteiger partial charge is 0.350 e. The summed E-state index contributed by atoms with van der Waals surface area (Å²) in [6, 6.07) is 16.8. The number of hydrogen-bond donors (Lipinski definition) is 1. The number of aromatic nitrogens is 3. The average molecular weight is 343 g/mol. The fourth-order valence-electron chi connectivity index (χ4n) is 3.81. The van der Waals surface area contributed by atoms with E-state index in [0.29, 0.717) is 0 Å². The number of rotatable bonds is 2. The number of benzene rings is 2.